The van der Waals surface area contributed by atoms with E-state index in [0.717, 1.165) is 8.96 Å². The molecule has 0 amide bonds. The molecule has 0 saturated carbocycles. The summed E-state index contributed by atoms with van der Waals surface area (Å²) in [6, 6.07) is 16.1. The molecule has 6 aromatic rings. The Bertz CT molecular complexity index is 2140. The summed E-state index contributed by atoms with van der Waals surface area (Å²) < 4.78 is 74.8. The number of hydrogen-bond acceptors (Lipinski definition) is 4. The van der Waals surface area contributed by atoms with Crippen LogP contribution in [0.1, 0.15) is 11.4 Å². The van der Waals surface area contributed by atoms with Gasteiger partial charge in [0.15, 0.2) is 11.1 Å². The van der Waals surface area contributed by atoms with Crippen molar-refractivity contribution >= 4 is 41.1 Å². The first-order chi connectivity index (χ1) is 18.9. The standard InChI is InChI=1S/C28H14BF4N3O2S/c30-17-5-1-3-15(7-17)24-9-20-26(37-24)11-22-28(19-13-39-14-34-19)23-12-27-21(36(23)29(32,33)35(20)22)10-25(38-27)16-4-2-6-18(31)8-16/h1-14H. The predicted molar refractivity (Wildman–Crippen MR) is 140 cm³/mol. The van der Waals surface area contributed by atoms with Gasteiger partial charge in [0.2, 0.25) is 5.36 Å². The summed E-state index contributed by atoms with van der Waals surface area (Å²) in [4.78, 5) is 4.42. The molecule has 0 atom stereocenters. The highest BCUT2D eigenvalue weighted by atomic mass is 32.1. The van der Waals surface area contributed by atoms with Crippen LogP contribution in [0.15, 0.2) is 92.2 Å². The number of hydrogen-bond donors (Lipinski definition) is 0. The quantitative estimate of drug-likeness (QED) is 0.207. The van der Waals surface area contributed by atoms with Gasteiger partial charge in [-0.25, -0.2) is 13.8 Å². The Morgan fingerprint density at radius 2 is 1.59 bits per heavy atom. The van der Waals surface area contributed by atoms with E-state index in [-0.39, 0.29) is 44.8 Å². The van der Waals surface area contributed by atoms with Crippen molar-refractivity contribution < 1.29 is 26.2 Å². The van der Waals surface area contributed by atoms with Crippen LogP contribution in [0.2, 0.25) is 0 Å². The average molecular weight is 543 g/mol. The highest BCUT2D eigenvalue weighted by Crippen LogP contribution is 2.42. The predicted octanol–water partition coefficient (Wildman–Crippen LogP) is 5.88. The second kappa shape index (κ2) is 7.70. The van der Waals surface area contributed by atoms with Gasteiger partial charge in [-0.05, 0) is 24.3 Å². The van der Waals surface area contributed by atoms with Gasteiger partial charge >= 0.3 is 6.97 Å². The smallest absolute Gasteiger partial charge is 0.455 e. The minimum atomic E-state index is -4.44. The van der Waals surface area contributed by atoms with Crippen molar-refractivity contribution in [1.29, 1.82) is 0 Å². The van der Waals surface area contributed by atoms with E-state index in [2.05, 4.69) is 4.98 Å². The molecule has 2 aliphatic rings. The Kier molecular flexibility index (Phi) is 4.42. The van der Waals surface area contributed by atoms with E-state index in [4.69, 9.17) is 8.83 Å². The van der Waals surface area contributed by atoms with Crippen LogP contribution in [0, 0.1) is 11.6 Å². The molecule has 0 fully saturated rings. The molecule has 4 aromatic heterocycles. The van der Waals surface area contributed by atoms with Gasteiger partial charge in [-0.15, -0.1) is 11.3 Å². The average Bonchev–Trinajstić information content (AvgIpc) is 3.70. The molecule has 0 bridgehead atoms. The van der Waals surface area contributed by atoms with E-state index in [9.17, 15) is 8.78 Å². The maximum absolute atomic E-state index is 16.6. The van der Waals surface area contributed by atoms with Gasteiger partial charge in [0.25, 0.3) is 0 Å². The molecule has 0 unspecified atom stereocenters. The van der Waals surface area contributed by atoms with Crippen LogP contribution in [-0.4, -0.2) is 16.4 Å². The molecular weight excluding hydrogens is 529 g/mol. The van der Waals surface area contributed by atoms with E-state index >= 15 is 8.63 Å². The van der Waals surface area contributed by atoms with Crippen LogP contribution in [0.4, 0.5) is 17.4 Å². The maximum atomic E-state index is 16.6. The van der Waals surface area contributed by atoms with E-state index in [1.165, 1.54) is 59.9 Å². The second-order valence-electron chi connectivity index (χ2n) is 9.38. The van der Waals surface area contributed by atoms with Crippen molar-refractivity contribution in [2.75, 3.05) is 0 Å². The van der Waals surface area contributed by atoms with Gasteiger partial charge in [0.1, 0.15) is 28.7 Å². The molecule has 0 saturated heterocycles. The van der Waals surface area contributed by atoms with Crippen molar-refractivity contribution in [2.45, 2.75) is 0 Å². The highest BCUT2D eigenvalue weighted by Gasteiger charge is 2.54. The summed E-state index contributed by atoms with van der Waals surface area (Å²) in [5.74, 6) is -0.366. The zero-order valence-corrected chi connectivity index (χ0v) is 20.6. The van der Waals surface area contributed by atoms with Crippen molar-refractivity contribution in [3.05, 3.63) is 117 Å². The minimum Gasteiger partial charge on any atom is -0.455 e. The molecule has 8 rings (SSSR count). The molecule has 11 heteroatoms. The molecule has 0 radical (unpaired) electrons. The number of allylic oxidation sites excluding steroid dienone is 1. The Balaban J connectivity index is 1.41. The molecule has 6 heterocycles. The van der Waals surface area contributed by atoms with Crippen LogP contribution in [0.25, 0.3) is 45.4 Å². The van der Waals surface area contributed by atoms with Crippen molar-refractivity contribution in [1.82, 2.24) is 13.9 Å². The van der Waals surface area contributed by atoms with Crippen LogP contribution in [0.5, 0.6) is 0 Å². The van der Waals surface area contributed by atoms with E-state index in [0.29, 0.717) is 22.4 Å². The third-order valence-electron chi connectivity index (χ3n) is 7.09. The van der Waals surface area contributed by atoms with Crippen molar-refractivity contribution in [3.8, 4) is 22.6 Å². The normalized spacial score (nSPS) is 15.4. The fourth-order valence-electron chi connectivity index (χ4n) is 5.49. The fourth-order valence-corrected chi connectivity index (χ4v) is 6.03. The largest absolute Gasteiger partial charge is 0.738 e. The molecular formula is C28H14BF4N3O2S. The molecule has 39 heavy (non-hydrogen) atoms. The summed E-state index contributed by atoms with van der Waals surface area (Å²) in [5.41, 5.74) is 4.71. The minimum absolute atomic E-state index is 0.170. The summed E-state index contributed by atoms with van der Waals surface area (Å²) >= 11 is 1.35. The molecule has 190 valence electrons. The van der Waals surface area contributed by atoms with Crippen molar-refractivity contribution in [3.63, 3.8) is 0 Å². The van der Waals surface area contributed by atoms with Crippen molar-refractivity contribution in [2.24, 2.45) is 0 Å². The number of thiazole rings is 1. The lowest BCUT2D eigenvalue weighted by molar-refractivity contribution is 0.513. The van der Waals surface area contributed by atoms with Gasteiger partial charge in [-0.2, -0.15) is 0 Å². The number of rotatable bonds is 3. The first-order valence-electron chi connectivity index (χ1n) is 12.0. The van der Waals surface area contributed by atoms with Crippen LogP contribution in [-0.2, 0) is 0 Å². The zero-order valence-electron chi connectivity index (χ0n) is 19.7. The Hall–Kier alpha value is -4.64. The topological polar surface area (TPSA) is 47.1 Å². The van der Waals surface area contributed by atoms with E-state index in [1.54, 1.807) is 35.2 Å². The van der Waals surface area contributed by atoms with Crippen LogP contribution < -0.4 is 15.3 Å². The lowest BCUT2D eigenvalue weighted by atomic mass is 9.87. The lowest BCUT2D eigenvalue weighted by Crippen LogP contribution is -2.56. The van der Waals surface area contributed by atoms with E-state index in [1.807, 2.05) is 0 Å². The summed E-state index contributed by atoms with van der Waals surface area (Å²) in [6.07, 6.45) is 1.57. The second-order valence-corrected chi connectivity index (χ2v) is 10.1. The number of aromatic nitrogens is 2. The highest BCUT2D eigenvalue weighted by molar-refractivity contribution is 7.07. The first-order valence-corrected chi connectivity index (χ1v) is 12.9. The molecule has 5 nitrogen and oxygen atoms in total. The Morgan fingerprint density at radius 1 is 0.872 bits per heavy atom. The summed E-state index contributed by atoms with van der Waals surface area (Å²) in [5, 5.41) is 1.96. The SMILES string of the molecule is Fc1cccc(-c2cc3c(o2)=CC2=C(c4cscn4)c4cc5oc(-c6cccc(F)c6)cc5n4[B-](F)(F)[N+]=32)c1. The van der Waals surface area contributed by atoms with Crippen LogP contribution in [0.3, 0.4) is 0 Å². The van der Waals surface area contributed by atoms with Gasteiger partial charge in [0, 0.05) is 34.3 Å². The molecule has 2 aromatic carbocycles. The number of fused-ring (bicyclic) bond motifs is 5. The zero-order chi connectivity index (χ0) is 26.5. The van der Waals surface area contributed by atoms with Crippen LogP contribution >= 0.6 is 11.3 Å². The van der Waals surface area contributed by atoms with Gasteiger partial charge in [-0.1, -0.05) is 24.3 Å². The van der Waals surface area contributed by atoms with Gasteiger partial charge in [-0.3, -0.25) is 0 Å². The molecule has 0 spiro atoms. The molecule has 2 aliphatic heterocycles. The summed E-state index contributed by atoms with van der Waals surface area (Å²) in [7, 11) is 0. The number of furan rings is 2. The fraction of sp³-hybridized carbons (Fsp3) is 0. The summed E-state index contributed by atoms with van der Waals surface area (Å²) in [6.45, 7) is -4.44. The van der Waals surface area contributed by atoms with Gasteiger partial charge < -0.3 is 26.4 Å². The maximum Gasteiger partial charge on any atom is 0.738 e. The third-order valence-corrected chi connectivity index (χ3v) is 7.68. The molecule has 0 N–H and O–H groups in total. The first kappa shape index (κ1) is 22.4. The Labute approximate surface area is 220 Å². The number of nitrogens with zero attached hydrogens (tertiary/aromatic N) is 3. The molecule has 0 aliphatic carbocycles. The Morgan fingerprint density at radius 3 is 2.26 bits per heavy atom. The lowest BCUT2D eigenvalue weighted by Gasteiger charge is -2.30. The van der Waals surface area contributed by atoms with Gasteiger partial charge in [0.05, 0.1) is 34.4 Å². The number of benzene rings is 2. The monoisotopic (exact) mass is 543 g/mol. The van der Waals surface area contributed by atoms with E-state index < -0.39 is 18.6 Å². The number of halogens is 4. The third kappa shape index (κ3) is 3.13.